The molecule has 6 heteroatoms. The van der Waals surface area contributed by atoms with Gasteiger partial charge in [0.2, 0.25) is 5.91 Å². The first kappa shape index (κ1) is 18.9. The van der Waals surface area contributed by atoms with Crippen molar-refractivity contribution < 1.29 is 19.0 Å². The molecule has 0 aliphatic heterocycles. The van der Waals surface area contributed by atoms with Gasteiger partial charge in [-0.05, 0) is 37.1 Å². The molecule has 0 aromatic heterocycles. The SMILES string of the molecule is COc1cc(NC(=O)CCOc2ccc(C)c(C)c2)c(OC)cc1Cl. The topological polar surface area (TPSA) is 56.8 Å². The maximum atomic E-state index is 12.2. The molecule has 0 saturated carbocycles. The largest absolute Gasteiger partial charge is 0.495 e. The van der Waals surface area contributed by atoms with E-state index >= 15 is 0 Å². The van der Waals surface area contributed by atoms with E-state index < -0.39 is 0 Å². The Kier molecular flexibility index (Phi) is 6.53. The zero-order valence-corrected chi connectivity index (χ0v) is 15.6. The van der Waals surface area contributed by atoms with Gasteiger partial charge in [0.05, 0.1) is 38.0 Å². The highest BCUT2D eigenvalue weighted by Gasteiger charge is 2.12. The van der Waals surface area contributed by atoms with Crippen LogP contribution in [0.3, 0.4) is 0 Å². The van der Waals surface area contributed by atoms with Crippen molar-refractivity contribution in [2.45, 2.75) is 20.3 Å². The molecule has 2 aromatic carbocycles. The van der Waals surface area contributed by atoms with Crippen molar-refractivity contribution in [3.63, 3.8) is 0 Å². The van der Waals surface area contributed by atoms with Crippen LogP contribution in [0, 0.1) is 13.8 Å². The summed E-state index contributed by atoms with van der Waals surface area (Å²) in [7, 11) is 3.02. The summed E-state index contributed by atoms with van der Waals surface area (Å²) in [5.74, 6) is 1.49. The van der Waals surface area contributed by atoms with E-state index in [9.17, 15) is 4.79 Å². The zero-order chi connectivity index (χ0) is 18.4. The van der Waals surface area contributed by atoms with Gasteiger partial charge in [-0.1, -0.05) is 17.7 Å². The Balaban J connectivity index is 1.94. The molecule has 0 fully saturated rings. The van der Waals surface area contributed by atoms with E-state index in [1.807, 2.05) is 32.0 Å². The fourth-order valence-electron chi connectivity index (χ4n) is 2.24. The number of carbonyl (C=O) groups is 1. The Morgan fingerprint density at radius 2 is 1.76 bits per heavy atom. The number of hydrogen-bond donors (Lipinski definition) is 1. The molecule has 2 rings (SSSR count). The summed E-state index contributed by atoms with van der Waals surface area (Å²) in [5, 5.41) is 3.20. The number of nitrogens with one attached hydrogen (secondary N) is 1. The molecular formula is C19H22ClNO4. The summed E-state index contributed by atoms with van der Waals surface area (Å²) in [5.41, 5.74) is 2.86. The molecule has 0 aliphatic carbocycles. The third-order valence-electron chi connectivity index (χ3n) is 3.82. The summed E-state index contributed by atoms with van der Waals surface area (Å²) in [6, 6.07) is 9.08. The quantitative estimate of drug-likeness (QED) is 0.793. The first-order chi connectivity index (χ1) is 11.9. The Bertz CT molecular complexity index is 761. The van der Waals surface area contributed by atoms with Gasteiger partial charge in [0.15, 0.2) is 0 Å². The van der Waals surface area contributed by atoms with Crippen molar-refractivity contribution in [3.8, 4) is 17.2 Å². The number of hydrogen-bond acceptors (Lipinski definition) is 4. The predicted molar refractivity (Wildman–Crippen MR) is 99.2 cm³/mol. The van der Waals surface area contributed by atoms with Crippen LogP contribution in [-0.4, -0.2) is 26.7 Å². The number of anilines is 1. The van der Waals surface area contributed by atoms with Crippen LogP contribution in [0.5, 0.6) is 17.2 Å². The lowest BCUT2D eigenvalue weighted by molar-refractivity contribution is -0.116. The van der Waals surface area contributed by atoms with E-state index in [4.69, 9.17) is 25.8 Å². The Hall–Kier alpha value is -2.40. The summed E-state index contributed by atoms with van der Waals surface area (Å²) in [4.78, 5) is 12.2. The van der Waals surface area contributed by atoms with Gasteiger partial charge in [0.25, 0.3) is 0 Å². The lowest BCUT2D eigenvalue weighted by Crippen LogP contribution is -2.16. The highest BCUT2D eigenvalue weighted by molar-refractivity contribution is 6.32. The first-order valence-electron chi connectivity index (χ1n) is 7.86. The predicted octanol–water partition coefficient (Wildman–Crippen LogP) is 4.38. The molecule has 0 unspecified atom stereocenters. The van der Waals surface area contributed by atoms with Crippen LogP contribution in [0.4, 0.5) is 5.69 Å². The number of carbonyl (C=O) groups excluding carboxylic acids is 1. The number of aryl methyl sites for hydroxylation is 2. The third-order valence-corrected chi connectivity index (χ3v) is 4.12. The van der Waals surface area contributed by atoms with Gasteiger partial charge in [-0.25, -0.2) is 0 Å². The van der Waals surface area contributed by atoms with Crippen LogP contribution in [-0.2, 0) is 4.79 Å². The average Bonchev–Trinajstić information content (AvgIpc) is 2.59. The van der Waals surface area contributed by atoms with E-state index in [1.165, 1.54) is 19.8 Å². The van der Waals surface area contributed by atoms with Crippen LogP contribution >= 0.6 is 11.6 Å². The molecule has 0 atom stereocenters. The number of amides is 1. The summed E-state index contributed by atoms with van der Waals surface area (Å²) >= 11 is 6.05. The summed E-state index contributed by atoms with van der Waals surface area (Å²) < 4.78 is 16.0. The molecule has 25 heavy (non-hydrogen) atoms. The molecule has 0 bridgehead atoms. The second-order valence-electron chi connectivity index (χ2n) is 5.58. The molecule has 2 aromatic rings. The van der Waals surface area contributed by atoms with Crippen molar-refractivity contribution in [1.29, 1.82) is 0 Å². The van der Waals surface area contributed by atoms with E-state index in [1.54, 1.807) is 12.1 Å². The molecule has 0 radical (unpaired) electrons. The highest BCUT2D eigenvalue weighted by atomic mass is 35.5. The van der Waals surface area contributed by atoms with Gasteiger partial charge in [0, 0.05) is 12.1 Å². The van der Waals surface area contributed by atoms with Crippen molar-refractivity contribution in [3.05, 3.63) is 46.5 Å². The molecule has 1 N–H and O–H groups in total. The third kappa shape index (κ3) is 5.03. The van der Waals surface area contributed by atoms with E-state index in [0.29, 0.717) is 22.2 Å². The number of rotatable bonds is 7. The Labute approximate surface area is 152 Å². The second kappa shape index (κ2) is 8.62. The van der Waals surface area contributed by atoms with Gasteiger partial charge in [-0.15, -0.1) is 0 Å². The monoisotopic (exact) mass is 363 g/mol. The van der Waals surface area contributed by atoms with Crippen LogP contribution in [0.15, 0.2) is 30.3 Å². The summed E-state index contributed by atoms with van der Waals surface area (Å²) in [6.07, 6.45) is 0.209. The second-order valence-corrected chi connectivity index (χ2v) is 5.99. The van der Waals surface area contributed by atoms with Gasteiger partial charge in [0.1, 0.15) is 17.2 Å². The minimum absolute atomic E-state index is 0.188. The lowest BCUT2D eigenvalue weighted by Gasteiger charge is -2.13. The highest BCUT2D eigenvalue weighted by Crippen LogP contribution is 2.35. The molecule has 0 aliphatic rings. The average molecular weight is 364 g/mol. The number of benzene rings is 2. The van der Waals surface area contributed by atoms with Crippen molar-refractivity contribution in [2.24, 2.45) is 0 Å². The van der Waals surface area contributed by atoms with Crippen LogP contribution in [0.1, 0.15) is 17.5 Å². The van der Waals surface area contributed by atoms with E-state index in [0.717, 1.165) is 11.3 Å². The smallest absolute Gasteiger partial charge is 0.227 e. The van der Waals surface area contributed by atoms with Crippen molar-refractivity contribution >= 4 is 23.2 Å². The zero-order valence-electron chi connectivity index (χ0n) is 14.8. The maximum absolute atomic E-state index is 12.2. The molecule has 1 amide bonds. The van der Waals surface area contributed by atoms with Gasteiger partial charge < -0.3 is 19.5 Å². The number of ether oxygens (including phenoxy) is 3. The molecule has 134 valence electrons. The Morgan fingerprint density at radius 3 is 2.40 bits per heavy atom. The van der Waals surface area contributed by atoms with Crippen LogP contribution in [0.25, 0.3) is 0 Å². The maximum Gasteiger partial charge on any atom is 0.227 e. The fourth-order valence-corrected chi connectivity index (χ4v) is 2.47. The minimum Gasteiger partial charge on any atom is -0.495 e. The fraction of sp³-hybridized carbons (Fsp3) is 0.316. The molecule has 0 spiro atoms. The van der Waals surface area contributed by atoms with Crippen molar-refractivity contribution in [1.82, 2.24) is 0 Å². The standard InChI is InChI=1S/C19H22ClNO4/c1-12-5-6-14(9-13(12)2)25-8-7-19(22)21-16-11-17(23-3)15(20)10-18(16)24-4/h5-6,9-11H,7-8H2,1-4H3,(H,21,22). The molecular weight excluding hydrogens is 342 g/mol. The van der Waals surface area contributed by atoms with Gasteiger partial charge in [-0.2, -0.15) is 0 Å². The van der Waals surface area contributed by atoms with Gasteiger partial charge in [-0.3, -0.25) is 4.79 Å². The Morgan fingerprint density at radius 1 is 1.04 bits per heavy atom. The minimum atomic E-state index is -0.188. The van der Waals surface area contributed by atoms with Crippen molar-refractivity contribution in [2.75, 3.05) is 26.1 Å². The first-order valence-corrected chi connectivity index (χ1v) is 8.23. The van der Waals surface area contributed by atoms with Crippen LogP contribution < -0.4 is 19.5 Å². The normalized spacial score (nSPS) is 10.3. The number of halogens is 1. The molecule has 5 nitrogen and oxygen atoms in total. The number of methoxy groups -OCH3 is 2. The van der Waals surface area contributed by atoms with Crippen LogP contribution in [0.2, 0.25) is 5.02 Å². The lowest BCUT2D eigenvalue weighted by atomic mass is 10.1. The van der Waals surface area contributed by atoms with Gasteiger partial charge >= 0.3 is 0 Å². The van der Waals surface area contributed by atoms with E-state index in [-0.39, 0.29) is 18.9 Å². The molecule has 0 heterocycles. The van der Waals surface area contributed by atoms with E-state index in [2.05, 4.69) is 5.32 Å². The summed E-state index contributed by atoms with van der Waals surface area (Å²) in [6.45, 7) is 4.34. The molecule has 0 saturated heterocycles.